The van der Waals surface area contributed by atoms with Crippen LogP contribution in [0, 0.1) is 13.8 Å². The van der Waals surface area contributed by atoms with Crippen LogP contribution in [0.3, 0.4) is 0 Å². The Kier molecular flexibility index (Phi) is 4.59. The van der Waals surface area contributed by atoms with Crippen molar-refractivity contribution in [3.05, 3.63) is 69.7 Å². The predicted molar refractivity (Wildman–Crippen MR) is 81.1 cm³/mol. The van der Waals surface area contributed by atoms with Crippen LogP contribution in [0.5, 0.6) is 0 Å². The first kappa shape index (κ1) is 14.1. The van der Waals surface area contributed by atoms with Gasteiger partial charge in [-0.05, 0) is 37.0 Å². The first-order valence-electron chi connectivity index (χ1n) is 6.38. The molecule has 0 spiro atoms. The first-order chi connectivity index (χ1) is 9.11. The van der Waals surface area contributed by atoms with E-state index in [9.17, 15) is 0 Å². The van der Waals surface area contributed by atoms with E-state index >= 15 is 0 Å². The summed E-state index contributed by atoms with van der Waals surface area (Å²) in [6, 6.07) is 14.5. The zero-order valence-electron chi connectivity index (χ0n) is 11.3. The molecule has 2 aromatic carbocycles. The van der Waals surface area contributed by atoms with Gasteiger partial charge in [-0.15, -0.1) is 0 Å². The molecule has 0 aliphatic rings. The summed E-state index contributed by atoms with van der Waals surface area (Å²) in [5.74, 6) is 5.70. The molecule has 3 N–H and O–H groups in total. The molecule has 1 unspecified atom stereocenters. The van der Waals surface area contributed by atoms with Crippen molar-refractivity contribution >= 4 is 11.6 Å². The highest BCUT2D eigenvalue weighted by molar-refractivity contribution is 6.32. The normalized spacial score (nSPS) is 12.4. The molecule has 0 fully saturated rings. The summed E-state index contributed by atoms with van der Waals surface area (Å²) < 4.78 is 0. The summed E-state index contributed by atoms with van der Waals surface area (Å²) in [5, 5.41) is 0.790. The minimum Gasteiger partial charge on any atom is -0.271 e. The van der Waals surface area contributed by atoms with Crippen LogP contribution in [0.4, 0.5) is 0 Å². The molecule has 0 heterocycles. The molecule has 0 aliphatic carbocycles. The fraction of sp³-hybridized carbons (Fsp3) is 0.250. The zero-order valence-corrected chi connectivity index (χ0v) is 12.0. The summed E-state index contributed by atoms with van der Waals surface area (Å²) >= 11 is 6.37. The summed E-state index contributed by atoms with van der Waals surface area (Å²) in [6.45, 7) is 4.10. The van der Waals surface area contributed by atoms with Crippen molar-refractivity contribution < 1.29 is 0 Å². The summed E-state index contributed by atoms with van der Waals surface area (Å²) in [7, 11) is 0. The monoisotopic (exact) mass is 274 g/mol. The van der Waals surface area contributed by atoms with Gasteiger partial charge in [0.15, 0.2) is 0 Å². The number of rotatable bonds is 4. The van der Waals surface area contributed by atoms with E-state index in [0.717, 1.165) is 22.6 Å². The largest absolute Gasteiger partial charge is 0.271 e. The Morgan fingerprint density at radius 2 is 1.89 bits per heavy atom. The maximum atomic E-state index is 6.37. The van der Waals surface area contributed by atoms with Crippen LogP contribution < -0.4 is 11.3 Å². The van der Waals surface area contributed by atoms with Gasteiger partial charge in [-0.3, -0.25) is 11.3 Å². The number of nitrogens with one attached hydrogen (secondary N) is 1. The number of hydrogen-bond acceptors (Lipinski definition) is 2. The van der Waals surface area contributed by atoms with Crippen molar-refractivity contribution in [1.82, 2.24) is 5.43 Å². The van der Waals surface area contributed by atoms with Crippen molar-refractivity contribution in [2.24, 2.45) is 5.84 Å². The van der Waals surface area contributed by atoms with Crippen LogP contribution in [-0.2, 0) is 6.42 Å². The van der Waals surface area contributed by atoms with E-state index in [1.165, 1.54) is 11.1 Å². The molecular formula is C16H19ClN2. The van der Waals surface area contributed by atoms with E-state index in [1.807, 2.05) is 25.1 Å². The fourth-order valence-corrected chi connectivity index (χ4v) is 2.53. The Morgan fingerprint density at radius 3 is 2.58 bits per heavy atom. The Morgan fingerprint density at radius 1 is 1.16 bits per heavy atom. The van der Waals surface area contributed by atoms with E-state index in [4.69, 9.17) is 17.4 Å². The van der Waals surface area contributed by atoms with Gasteiger partial charge >= 0.3 is 0 Å². The molecule has 2 aromatic rings. The molecule has 3 heteroatoms. The van der Waals surface area contributed by atoms with Gasteiger partial charge in [-0.2, -0.15) is 0 Å². The lowest BCUT2D eigenvalue weighted by Crippen LogP contribution is -2.29. The van der Waals surface area contributed by atoms with Gasteiger partial charge in [0.25, 0.3) is 0 Å². The van der Waals surface area contributed by atoms with Crippen molar-refractivity contribution in [3.8, 4) is 0 Å². The molecule has 19 heavy (non-hydrogen) atoms. The average molecular weight is 275 g/mol. The molecule has 0 bridgehead atoms. The number of nitrogens with two attached hydrogens (primary N) is 1. The third-order valence-corrected chi connectivity index (χ3v) is 3.84. The summed E-state index contributed by atoms with van der Waals surface area (Å²) in [6.07, 6.45) is 0.821. The predicted octanol–water partition coefficient (Wildman–Crippen LogP) is 3.70. The summed E-state index contributed by atoms with van der Waals surface area (Å²) in [5.41, 5.74) is 7.49. The molecule has 100 valence electrons. The molecule has 0 amide bonds. The Hall–Kier alpha value is -1.35. The smallest absolute Gasteiger partial charge is 0.0515 e. The molecular weight excluding hydrogens is 256 g/mol. The van der Waals surface area contributed by atoms with Crippen LogP contribution in [0.2, 0.25) is 5.02 Å². The van der Waals surface area contributed by atoms with Crippen molar-refractivity contribution in [2.45, 2.75) is 26.3 Å². The van der Waals surface area contributed by atoms with E-state index < -0.39 is 0 Å². The third kappa shape index (κ3) is 3.35. The second-order valence-electron chi connectivity index (χ2n) is 4.89. The third-order valence-electron chi connectivity index (χ3n) is 3.32. The molecule has 1 atom stereocenters. The minimum atomic E-state index is 0.0224. The van der Waals surface area contributed by atoms with Gasteiger partial charge in [0.1, 0.15) is 0 Å². The lowest BCUT2D eigenvalue weighted by atomic mass is 9.97. The van der Waals surface area contributed by atoms with Gasteiger partial charge in [0.05, 0.1) is 6.04 Å². The Balaban J connectivity index is 2.28. The summed E-state index contributed by atoms with van der Waals surface area (Å²) in [4.78, 5) is 0. The van der Waals surface area contributed by atoms with Crippen LogP contribution in [0.1, 0.15) is 28.3 Å². The molecule has 0 saturated heterocycles. The average Bonchev–Trinajstić information content (AvgIpc) is 2.40. The van der Waals surface area contributed by atoms with Crippen molar-refractivity contribution in [2.75, 3.05) is 0 Å². The molecule has 2 rings (SSSR count). The number of hydrazine groups is 1. The molecule has 0 aromatic heterocycles. The zero-order chi connectivity index (χ0) is 13.8. The topological polar surface area (TPSA) is 38.0 Å². The Bertz CT molecular complexity index is 566. The SMILES string of the molecule is Cc1cccc(CC(NN)c2cccc(C)c2Cl)c1. The van der Waals surface area contributed by atoms with Gasteiger partial charge in [0, 0.05) is 5.02 Å². The van der Waals surface area contributed by atoms with Gasteiger partial charge < -0.3 is 0 Å². The van der Waals surface area contributed by atoms with E-state index in [1.54, 1.807) is 0 Å². The second kappa shape index (κ2) is 6.20. The molecule has 2 nitrogen and oxygen atoms in total. The lowest BCUT2D eigenvalue weighted by Gasteiger charge is -2.19. The molecule has 0 saturated carbocycles. The highest BCUT2D eigenvalue weighted by Crippen LogP contribution is 2.28. The number of hydrogen-bond donors (Lipinski definition) is 2. The highest BCUT2D eigenvalue weighted by Gasteiger charge is 2.15. The molecule has 0 aliphatic heterocycles. The highest BCUT2D eigenvalue weighted by atomic mass is 35.5. The maximum Gasteiger partial charge on any atom is 0.0515 e. The number of halogens is 1. The molecule has 0 radical (unpaired) electrons. The first-order valence-corrected chi connectivity index (χ1v) is 6.76. The second-order valence-corrected chi connectivity index (χ2v) is 5.27. The maximum absolute atomic E-state index is 6.37. The lowest BCUT2D eigenvalue weighted by molar-refractivity contribution is 0.551. The fourth-order valence-electron chi connectivity index (χ4n) is 2.27. The van der Waals surface area contributed by atoms with Crippen molar-refractivity contribution in [1.29, 1.82) is 0 Å². The Labute approximate surface area is 119 Å². The van der Waals surface area contributed by atoms with E-state index in [-0.39, 0.29) is 6.04 Å². The van der Waals surface area contributed by atoms with E-state index in [0.29, 0.717) is 0 Å². The van der Waals surface area contributed by atoms with Gasteiger partial charge in [-0.1, -0.05) is 59.6 Å². The standard InChI is InChI=1S/C16H19ClN2/c1-11-5-3-7-13(9-11)10-15(19-18)14-8-4-6-12(2)16(14)17/h3-9,15,19H,10,18H2,1-2H3. The van der Waals surface area contributed by atoms with E-state index in [2.05, 4.69) is 36.6 Å². The van der Waals surface area contributed by atoms with Crippen LogP contribution in [0.25, 0.3) is 0 Å². The van der Waals surface area contributed by atoms with Crippen LogP contribution in [0.15, 0.2) is 42.5 Å². The van der Waals surface area contributed by atoms with Gasteiger partial charge in [0.2, 0.25) is 0 Å². The minimum absolute atomic E-state index is 0.0224. The van der Waals surface area contributed by atoms with Crippen molar-refractivity contribution in [3.63, 3.8) is 0 Å². The van der Waals surface area contributed by atoms with Crippen LogP contribution >= 0.6 is 11.6 Å². The number of benzene rings is 2. The van der Waals surface area contributed by atoms with Gasteiger partial charge in [-0.25, -0.2) is 0 Å². The number of aryl methyl sites for hydroxylation is 2. The van der Waals surface area contributed by atoms with Crippen LogP contribution in [-0.4, -0.2) is 0 Å². The quantitative estimate of drug-likeness (QED) is 0.659.